The normalized spacial score (nSPS) is 9.43. The van der Waals surface area contributed by atoms with Crippen LogP contribution in [0.4, 0.5) is 0 Å². The molecule has 0 N–H and O–H groups in total. The smallest absolute Gasteiger partial charge is 0.127 e. The molecular weight excluding hydrogens is 174 g/mol. The number of nitrogens with zero attached hydrogens (tertiary/aromatic N) is 1. The maximum atomic E-state index is 10.2. The summed E-state index contributed by atoms with van der Waals surface area (Å²) in [5.74, 6) is 1.79. The van der Waals surface area contributed by atoms with E-state index in [4.69, 9.17) is 5.26 Å². The molecule has 0 unspecified atom stereocenters. The van der Waals surface area contributed by atoms with Crippen LogP contribution in [0.25, 0.3) is 6.08 Å². The Kier molecular flexibility index (Phi) is 3.43. The fraction of sp³-hybridized carbons (Fsp3) is 0.0833. The molecule has 68 valence electrons. The maximum Gasteiger partial charge on any atom is 0.127 e. The number of allylic oxidation sites excluding steroid dienone is 2. The van der Waals surface area contributed by atoms with E-state index in [1.807, 2.05) is 18.2 Å². The van der Waals surface area contributed by atoms with Gasteiger partial charge < -0.3 is 0 Å². The molecule has 1 aromatic rings. The fourth-order valence-corrected chi connectivity index (χ4v) is 0.924. The molecule has 0 radical (unpaired) electrons. The standard InChI is InChI=1S/C12H9NO/c1-10(9-14)2-3-11-4-6-12(8-13)7-5-11/h2-7H,1H3. The van der Waals surface area contributed by atoms with Crippen molar-refractivity contribution in [1.82, 2.24) is 0 Å². The third-order valence-corrected chi connectivity index (χ3v) is 1.73. The van der Waals surface area contributed by atoms with E-state index in [9.17, 15) is 4.79 Å². The first-order valence-electron chi connectivity index (χ1n) is 4.16. The van der Waals surface area contributed by atoms with Gasteiger partial charge in [0.1, 0.15) is 5.94 Å². The van der Waals surface area contributed by atoms with Gasteiger partial charge in [-0.05, 0) is 30.7 Å². The van der Waals surface area contributed by atoms with Gasteiger partial charge in [-0.25, -0.2) is 4.79 Å². The summed E-state index contributed by atoms with van der Waals surface area (Å²) < 4.78 is 0. The van der Waals surface area contributed by atoms with E-state index in [1.54, 1.807) is 37.1 Å². The minimum Gasteiger partial charge on any atom is -0.233 e. The first-order chi connectivity index (χ1) is 6.76. The molecule has 0 aliphatic carbocycles. The van der Waals surface area contributed by atoms with Crippen LogP contribution < -0.4 is 0 Å². The van der Waals surface area contributed by atoms with Gasteiger partial charge in [-0.3, -0.25) is 0 Å². The summed E-state index contributed by atoms with van der Waals surface area (Å²) >= 11 is 0. The van der Waals surface area contributed by atoms with Crippen LogP contribution in [0.2, 0.25) is 0 Å². The van der Waals surface area contributed by atoms with Gasteiger partial charge in [0.05, 0.1) is 11.6 Å². The number of carbonyl (C=O) groups excluding carboxylic acids is 1. The molecule has 0 fully saturated rings. The SMILES string of the molecule is CC(=C=O)C=Cc1ccc(C#N)cc1. The molecule has 2 heteroatoms. The predicted molar refractivity (Wildman–Crippen MR) is 55.1 cm³/mol. The minimum absolute atomic E-state index is 0.550. The monoisotopic (exact) mass is 183 g/mol. The van der Waals surface area contributed by atoms with Gasteiger partial charge in [0.2, 0.25) is 0 Å². The Hall–Kier alpha value is -2.10. The molecule has 0 spiro atoms. The molecule has 2 nitrogen and oxygen atoms in total. The lowest BCUT2D eigenvalue weighted by molar-refractivity contribution is 0.567. The zero-order valence-electron chi connectivity index (χ0n) is 7.82. The Bertz CT molecular complexity index is 428. The number of rotatable bonds is 2. The van der Waals surface area contributed by atoms with E-state index in [0.29, 0.717) is 11.1 Å². The lowest BCUT2D eigenvalue weighted by Crippen LogP contribution is -1.75. The molecule has 0 bridgehead atoms. The molecule has 1 aromatic carbocycles. The summed E-state index contributed by atoms with van der Waals surface area (Å²) in [5.41, 5.74) is 2.14. The van der Waals surface area contributed by atoms with Crippen LogP contribution in [0, 0.1) is 11.3 Å². The van der Waals surface area contributed by atoms with Crippen molar-refractivity contribution in [3.8, 4) is 6.07 Å². The van der Waals surface area contributed by atoms with E-state index in [2.05, 4.69) is 0 Å². The van der Waals surface area contributed by atoms with Crippen molar-refractivity contribution < 1.29 is 4.79 Å². The van der Waals surface area contributed by atoms with Gasteiger partial charge >= 0.3 is 0 Å². The van der Waals surface area contributed by atoms with Gasteiger partial charge in [0, 0.05) is 5.57 Å². The van der Waals surface area contributed by atoms with Crippen LogP contribution in [-0.4, -0.2) is 5.94 Å². The average molecular weight is 183 g/mol. The topological polar surface area (TPSA) is 40.9 Å². The van der Waals surface area contributed by atoms with Crippen molar-refractivity contribution in [1.29, 1.82) is 5.26 Å². The maximum absolute atomic E-state index is 10.2. The third kappa shape index (κ3) is 2.75. The van der Waals surface area contributed by atoms with E-state index in [1.165, 1.54) is 0 Å². The number of hydrogen-bond acceptors (Lipinski definition) is 2. The second-order valence-corrected chi connectivity index (χ2v) is 2.85. The van der Waals surface area contributed by atoms with Crippen LogP contribution >= 0.6 is 0 Å². The lowest BCUT2D eigenvalue weighted by Gasteiger charge is -1.92. The molecule has 0 amide bonds. The van der Waals surface area contributed by atoms with Crippen LogP contribution in [0.15, 0.2) is 35.9 Å². The van der Waals surface area contributed by atoms with Crippen LogP contribution in [0.3, 0.4) is 0 Å². The fourth-order valence-electron chi connectivity index (χ4n) is 0.924. The van der Waals surface area contributed by atoms with Gasteiger partial charge in [-0.15, -0.1) is 0 Å². The Morgan fingerprint density at radius 2 is 2.00 bits per heavy atom. The highest BCUT2D eigenvalue weighted by Crippen LogP contribution is 2.06. The Balaban J connectivity index is 2.85. The molecule has 0 atom stereocenters. The summed E-state index contributed by atoms with van der Waals surface area (Å²) in [6.07, 6.45) is 3.50. The quantitative estimate of drug-likeness (QED) is 0.521. The molecule has 14 heavy (non-hydrogen) atoms. The summed E-state index contributed by atoms with van der Waals surface area (Å²) in [4.78, 5) is 10.2. The van der Waals surface area contributed by atoms with E-state index in [0.717, 1.165) is 5.56 Å². The second-order valence-electron chi connectivity index (χ2n) is 2.85. The van der Waals surface area contributed by atoms with E-state index >= 15 is 0 Å². The minimum atomic E-state index is 0.550. The molecule has 0 saturated heterocycles. The van der Waals surface area contributed by atoms with Gasteiger partial charge in [0.25, 0.3) is 0 Å². The lowest BCUT2D eigenvalue weighted by atomic mass is 10.1. The number of benzene rings is 1. The summed E-state index contributed by atoms with van der Waals surface area (Å²) in [5, 5.41) is 8.56. The van der Waals surface area contributed by atoms with E-state index < -0.39 is 0 Å². The summed E-state index contributed by atoms with van der Waals surface area (Å²) in [7, 11) is 0. The second kappa shape index (κ2) is 4.81. The first-order valence-corrected chi connectivity index (χ1v) is 4.16. The Morgan fingerprint density at radius 3 is 2.50 bits per heavy atom. The van der Waals surface area contributed by atoms with Crippen molar-refractivity contribution >= 4 is 12.0 Å². The number of nitriles is 1. The van der Waals surface area contributed by atoms with Crippen LogP contribution in [0.1, 0.15) is 18.1 Å². The molecule has 1 rings (SSSR count). The number of hydrogen-bond donors (Lipinski definition) is 0. The van der Waals surface area contributed by atoms with E-state index in [-0.39, 0.29) is 0 Å². The molecule has 0 heterocycles. The van der Waals surface area contributed by atoms with Gasteiger partial charge in [-0.2, -0.15) is 5.26 Å². The average Bonchev–Trinajstić information content (AvgIpc) is 2.26. The van der Waals surface area contributed by atoms with Crippen LogP contribution in [-0.2, 0) is 4.79 Å². The van der Waals surface area contributed by atoms with Gasteiger partial charge in [-0.1, -0.05) is 18.2 Å². The highest BCUT2D eigenvalue weighted by atomic mass is 16.1. The molecule has 0 aliphatic heterocycles. The molecular formula is C12H9NO. The highest BCUT2D eigenvalue weighted by Gasteiger charge is 1.89. The van der Waals surface area contributed by atoms with Crippen LogP contribution in [0.5, 0.6) is 0 Å². The van der Waals surface area contributed by atoms with Crippen molar-refractivity contribution in [3.63, 3.8) is 0 Å². The van der Waals surface area contributed by atoms with Crippen molar-refractivity contribution in [3.05, 3.63) is 47.0 Å². The zero-order valence-corrected chi connectivity index (χ0v) is 7.82. The Morgan fingerprint density at radius 1 is 1.36 bits per heavy atom. The third-order valence-electron chi connectivity index (χ3n) is 1.73. The largest absolute Gasteiger partial charge is 0.233 e. The Labute approximate surface area is 82.8 Å². The zero-order chi connectivity index (χ0) is 10.4. The van der Waals surface area contributed by atoms with Crippen molar-refractivity contribution in [2.45, 2.75) is 6.92 Å². The van der Waals surface area contributed by atoms with Crippen molar-refractivity contribution in [2.24, 2.45) is 0 Å². The summed E-state index contributed by atoms with van der Waals surface area (Å²) in [6.45, 7) is 1.69. The molecule has 0 saturated carbocycles. The van der Waals surface area contributed by atoms with Crippen molar-refractivity contribution in [2.75, 3.05) is 0 Å². The molecule has 0 aromatic heterocycles. The van der Waals surface area contributed by atoms with Gasteiger partial charge in [0.15, 0.2) is 0 Å². The predicted octanol–water partition coefficient (Wildman–Crippen LogP) is 2.35. The summed E-state index contributed by atoms with van der Waals surface area (Å²) in [6, 6.07) is 9.16. The first kappa shape index (κ1) is 9.98. The molecule has 0 aliphatic rings. The highest BCUT2D eigenvalue weighted by molar-refractivity contribution is 5.62.